The summed E-state index contributed by atoms with van der Waals surface area (Å²) in [6.45, 7) is 12.3. The Balaban J connectivity index is 4.03. The average molecular weight is 202 g/mol. The van der Waals surface area contributed by atoms with Gasteiger partial charge in [0.2, 0.25) is 0 Å². The molecule has 0 aromatic rings. The molecular weight excluding hydrogens is 176 g/mol. The molecule has 0 spiro atoms. The first-order chi connectivity index (χ1) is 6.54. The van der Waals surface area contributed by atoms with E-state index in [4.69, 9.17) is 9.47 Å². The monoisotopic (exact) mass is 202 g/mol. The van der Waals surface area contributed by atoms with Crippen molar-refractivity contribution in [2.45, 2.75) is 59.7 Å². The zero-order chi connectivity index (χ0) is 11.0. The molecule has 0 aromatic carbocycles. The van der Waals surface area contributed by atoms with Crippen molar-refractivity contribution in [2.24, 2.45) is 5.92 Å². The van der Waals surface area contributed by atoms with Crippen molar-refractivity contribution in [2.75, 3.05) is 13.2 Å². The molecule has 0 aliphatic heterocycles. The van der Waals surface area contributed by atoms with Crippen molar-refractivity contribution in [3.8, 4) is 0 Å². The third kappa shape index (κ3) is 6.39. The van der Waals surface area contributed by atoms with Gasteiger partial charge in [0, 0.05) is 19.6 Å². The highest BCUT2D eigenvalue weighted by Crippen LogP contribution is 2.22. The summed E-state index contributed by atoms with van der Waals surface area (Å²) in [7, 11) is 0. The van der Waals surface area contributed by atoms with E-state index in [0.717, 1.165) is 32.5 Å². The lowest BCUT2D eigenvalue weighted by molar-refractivity contribution is -0.233. The Kier molecular flexibility index (Phi) is 7.20. The second kappa shape index (κ2) is 7.24. The van der Waals surface area contributed by atoms with Gasteiger partial charge in [-0.05, 0) is 25.7 Å². The van der Waals surface area contributed by atoms with Crippen molar-refractivity contribution in [1.29, 1.82) is 0 Å². The van der Waals surface area contributed by atoms with Gasteiger partial charge in [-0.3, -0.25) is 0 Å². The van der Waals surface area contributed by atoms with Crippen LogP contribution in [0.25, 0.3) is 0 Å². The number of hydrogen-bond donors (Lipinski definition) is 0. The van der Waals surface area contributed by atoms with E-state index in [9.17, 15) is 0 Å². The van der Waals surface area contributed by atoms with Gasteiger partial charge < -0.3 is 9.47 Å². The van der Waals surface area contributed by atoms with Crippen LogP contribution in [0.15, 0.2) is 0 Å². The molecule has 86 valence electrons. The van der Waals surface area contributed by atoms with Gasteiger partial charge in [0.25, 0.3) is 0 Å². The lowest BCUT2D eigenvalue weighted by Gasteiger charge is -2.31. The average Bonchev–Trinajstić information content (AvgIpc) is 2.11. The topological polar surface area (TPSA) is 18.5 Å². The molecule has 0 rings (SSSR count). The first-order valence-electron chi connectivity index (χ1n) is 5.82. The molecule has 0 saturated carbocycles. The Hall–Kier alpha value is -0.0800. The van der Waals surface area contributed by atoms with Crippen LogP contribution in [0.5, 0.6) is 0 Å². The van der Waals surface area contributed by atoms with E-state index in [1.165, 1.54) is 0 Å². The fourth-order valence-electron chi connectivity index (χ4n) is 1.54. The molecule has 0 radical (unpaired) electrons. The van der Waals surface area contributed by atoms with Crippen molar-refractivity contribution in [1.82, 2.24) is 0 Å². The van der Waals surface area contributed by atoms with Crippen LogP contribution < -0.4 is 0 Å². The summed E-state index contributed by atoms with van der Waals surface area (Å²) in [5.41, 5.74) is 0. The summed E-state index contributed by atoms with van der Waals surface area (Å²) in [4.78, 5) is 0. The largest absolute Gasteiger partial charge is 0.350 e. The van der Waals surface area contributed by atoms with Crippen molar-refractivity contribution < 1.29 is 9.47 Å². The number of rotatable bonds is 8. The maximum atomic E-state index is 5.77. The molecule has 2 nitrogen and oxygen atoms in total. The number of hydrogen-bond acceptors (Lipinski definition) is 2. The minimum absolute atomic E-state index is 0.375. The molecule has 0 aliphatic rings. The molecule has 0 bridgehead atoms. The van der Waals surface area contributed by atoms with Crippen LogP contribution in [-0.4, -0.2) is 19.0 Å². The van der Waals surface area contributed by atoms with Crippen LogP contribution in [0.1, 0.15) is 53.9 Å². The molecule has 2 heteroatoms. The van der Waals surface area contributed by atoms with E-state index in [0.29, 0.717) is 5.92 Å². The zero-order valence-corrected chi connectivity index (χ0v) is 10.4. The third-order valence-corrected chi connectivity index (χ3v) is 2.00. The van der Waals surface area contributed by atoms with Gasteiger partial charge in [-0.2, -0.15) is 0 Å². The Morgan fingerprint density at radius 2 is 1.43 bits per heavy atom. The summed E-state index contributed by atoms with van der Waals surface area (Å²) >= 11 is 0. The van der Waals surface area contributed by atoms with E-state index in [-0.39, 0.29) is 5.79 Å². The van der Waals surface area contributed by atoms with Crippen molar-refractivity contribution in [3.05, 3.63) is 0 Å². The standard InChI is InChI=1S/C12H26O2/c1-6-8-13-12(5,10-11(3)4)14-9-7-2/h11H,6-10H2,1-5H3. The molecule has 0 atom stereocenters. The first-order valence-corrected chi connectivity index (χ1v) is 5.82. The molecule has 14 heavy (non-hydrogen) atoms. The molecular formula is C12H26O2. The highest BCUT2D eigenvalue weighted by atomic mass is 16.7. The molecule has 0 amide bonds. The minimum atomic E-state index is -0.375. The van der Waals surface area contributed by atoms with E-state index >= 15 is 0 Å². The molecule has 0 fully saturated rings. The van der Waals surface area contributed by atoms with Gasteiger partial charge in [-0.15, -0.1) is 0 Å². The smallest absolute Gasteiger partial charge is 0.165 e. The van der Waals surface area contributed by atoms with Crippen LogP contribution >= 0.6 is 0 Å². The van der Waals surface area contributed by atoms with Crippen LogP contribution in [0.4, 0.5) is 0 Å². The van der Waals surface area contributed by atoms with Crippen LogP contribution in [0.3, 0.4) is 0 Å². The Morgan fingerprint density at radius 1 is 1.00 bits per heavy atom. The highest BCUT2D eigenvalue weighted by molar-refractivity contribution is 4.65. The van der Waals surface area contributed by atoms with E-state index < -0.39 is 0 Å². The zero-order valence-electron chi connectivity index (χ0n) is 10.4. The fraction of sp³-hybridized carbons (Fsp3) is 1.00. The summed E-state index contributed by atoms with van der Waals surface area (Å²) in [6.07, 6.45) is 3.05. The van der Waals surface area contributed by atoms with Gasteiger partial charge in [-0.1, -0.05) is 27.7 Å². The Bertz CT molecular complexity index is 124. The summed E-state index contributed by atoms with van der Waals surface area (Å²) in [5.74, 6) is 0.230. The third-order valence-electron chi connectivity index (χ3n) is 2.00. The second-order valence-corrected chi connectivity index (χ2v) is 4.43. The molecule has 0 N–H and O–H groups in total. The second-order valence-electron chi connectivity index (χ2n) is 4.43. The van der Waals surface area contributed by atoms with Crippen LogP contribution in [-0.2, 0) is 9.47 Å². The van der Waals surface area contributed by atoms with Gasteiger partial charge in [0.1, 0.15) is 0 Å². The van der Waals surface area contributed by atoms with Crippen LogP contribution in [0.2, 0.25) is 0 Å². The highest BCUT2D eigenvalue weighted by Gasteiger charge is 2.26. The molecule has 0 heterocycles. The van der Waals surface area contributed by atoms with Gasteiger partial charge in [0.05, 0.1) is 0 Å². The quantitative estimate of drug-likeness (QED) is 0.560. The molecule has 0 saturated heterocycles. The van der Waals surface area contributed by atoms with E-state index in [1.807, 2.05) is 0 Å². The van der Waals surface area contributed by atoms with E-state index in [2.05, 4.69) is 34.6 Å². The van der Waals surface area contributed by atoms with Crippen molar-refractivity contribution >= 4 is 0 Å². The maximum Gasteiger partial charge on any atom is 0.165 e. The molecule has 0 aliphatic carbocycles. The molecule has 0 unspecified atom stereocenters. The summed E-state index contributed by atoms with van der Waals surface area (Å²) in [6, 6.07) is 0. The van der Waals surface area contributed by atoms with Gasteiger partial charge >= 0.3 is 0 Å². The fourth-order valence-corrected chi connectivity index (χ4v) is 1.54. The normalized spacial score (nSPS) is 12.4. The summed E-state index contributed by atoms with van der Waals surface area (Å²) in [5, 5.41) is 0. The van der Waals surface area contributed by atoms with Crippen molar-refractivity contribution in [3.63, 3.8) is 0 Å². The maximum absolute atomic E-state index is 5.77. The van der Waals surface area contributed by atoms with Gasteiger partial charge in [-0.25, -0.2) is 0 Å². The lowest BCUT2D eigenvalue weighted by Crippen LogP contribution is -2.34. The van der Waals surface area contributed by atoms with Gasteiger partial charge in [0.15, 0.2) is 5.79 Å². The number of ether oxygens (including phenoxy) is 2. The molecule has 0 aromatic heterocycles. The van der Waals surface area contributed by atoms with Crippen LogP contribution in [0, 0.1) is 5.92 Å². The predicted octanol–water partition coefficient (Wildman–Crippen LogP) is 3.60. The Labute approximate surface area is 89.0 Å². The summed E-state index contributed by atoms with van der Waals surface area (Å²) < 4.78 is 11.5. The van der Waals surface area contributed by atoms with E-state index in [1.54, 1.807) is 0 Å². The lowest BCUT2D eigenvalue weighted by atomic mass is 10.0. The Morgan fingerprint density at radius 3 is 1.71 bits per heavy atom. The predicted molar refractivity (Wildman–Crippen MR) is 60.3 cm³/mol. The minimum Gasteiger partial charge on any atom is -0.350 e. The SMILES string of the molecule is CCCOC(C)(CC(C)C)OCCC. The first kappa shape index (κ1) is 13.9.